The molecular weight excluding hydrogens is 306 g/mol. The van der Waals surface area contributed by atoms with Crippen LogP contribution in [0.5, 0.6) is 0 Å². The van der Waals surface area contributed by atoms with Crippen LogP contribution in [0.1, 0.15) is 10.4 Å². The Morgan fingerprint density at radius 3 is 2.67 bits per heavy atom. The van der Waals surface area contributed by atoms with Crippen LogP contribution in [-0.4, -0.2) is 10.9 Å². The molecule has 92 valence electrons. The number of aromatic nitrogens is 1. The summed E-state index contributed by atoms with van der Waals surface area (Å²) in [7, 11) is 0. The predicted molar refractivity (Wildman–Crippen MR) is 66.2 cm³/mol. The quantitative estimate of drug-likeness (QED) is 0.923. The van der Waals surface area contributed by atoms with Crippen molar-refractivity contribution in [3.05, 3.63) is 58.3 Å². The van der Waals surface area contributed by atoms with Crippen molar-refractivity contribution in [3.8, 4) is 0 Å². The topological polar surface area (TPSA) is 42.0 Å². The van der Waals surface area contributed by atoms with Crippen molar-refractivity contribution in [2.24, 2.45) is 0 Å². The van der Waals surface area contributed by atoms with Crippen molar-refractivity contribution in [1.82, 2.24) is 4.98 Å². The lowest BCUT2D eigenvalue weighted by Gasteiger charge is -2.06. The van der Waals surface area contributed by atoms with Gasteiger partial charge >= 0.3 is 0 Å². The van der Waals surface area contributed by atoms with Gasteiger partial charge in [-0.05, 0) is 40.2 Å². The molecular formula is C12H7BrF2N2O. The van der Waals surface area contributed by atoms with E-state index in [-0.39, 0.29) is 15.7 Å². The summed E-state index contributed by atoms with van der Waals surface area (Å²) in [6.45, 7) is 0. The van der Waals surface area contributed by atoms with Crippen molar-refractivity contribution >= 4 is 27.5 Å². The molecule has 0 aliphatic heterocycles. The maximum absolute atomic E-state index is 13.3. The van der Waals surface area contributed by atoms with E-state index in [1.165, 1.54) is 24.4 Å². The third kappa shape index (κ3) is 2.70. The minimum Gasteiger partial charge on any atom is -0.322 e. The summed E-state index contributed by atoms with van der Waals surface area (Å²) in [5, 5.41) is 2.40. The van der Waals surface area contributed by atoms with Gasteiger partial charge in [0.25, 0.3) is 5.91 Å². The summed E-state index contributed by atoms with van der Waals surface area (Å²) in [5.74, 6) is -1.90. The molecule has 0 aliphatic rings. The number of amides is 1. The Labute approximate surface area is 110 Å². The highest BCUT2D eigenvalue weighted by Crippen LogP contribution is 2.20. The number of benzene rings is 1. The maximum atomic E-state index is 13.3. The van der Waals surface area contributed by atoms with Gasteiger partial charge in [0.1, 0.15) is 5.82 Å². The molecule has 0 aliphatic carbocycles. The third-order valence-corrected chi connectivity index (χ3v) is 2.84. The van der Waals surface area contributed by atoms with Crippen LogP contribution < -0.4 is 5.32 Å². The van der Waals surface area contributed by atoms with Gasteiger partial charge in [-0.2, -0.15) is 0 Å². The van der Waals surface area contributed by atoms with Crippen LogP contribution >= 0.6 is 15.9 Å². The molecule has 0 radical (unpaired) electrons. The number of carbonyl (C=O) groups excluding carboxylic acids is 1. The van der Waals surface area contributed by atoms with E-state index in [4.69, 9.17) is 0 Å². The van der Waals surface area contributed by atoms with Crippen molar-refractivity contribution in [3.63, 3.8) is 0 Å². The summed E-state index contributed by atoms with van der Waals surface area (Å²) in [6, 6.07) is 5.35. The zero-order valence-corrected chi connectivity index (χ0v) is 10.5. The van der Waals surface area contributed by atoms with Gasteiger partial charge in [-0.1, -0.05) is 0 Å². The molecule has 0 fully saturated rings. The average Bonchev–Trinajstić information content (AvgIpc) is 2.34. The molecule has 18 heavy (non-hydrogen) atoms. The first-order chi connectivity index (χ1) is 8.58. The second-order valence-corrected chi connectivity index (χ2v) is 4.29. The van der Waals surface area contributed by atoms with Gasteiger partial charge in [0.2, 0.25) is 0 Å². The van der Waals surface area contributed by atoms with Gasteiger partial charge in [0.15, 0.2) is 5.82 Å². The molecule has 1 N–H and O–H groups in total. The molecule has 1 heterocycles. The lowest BCUT2D eigenvalue weighted by Crippen LogP contribution is -2.14. The molecule has 0 spiro atoms. The van der Waals surface area contributed by atoms with Gasteiger partial charge in [0, 0.05) is 11.9 Å². The van der Waals surface area contributed by atoms with Gasteiger partial charge in [-0.15, -0.1) is 0 Å². The van der Waals surface area contributed by atoms with E-state index < -0.39 is 17.5 Å². The fourth-order valence-corrected chi connectivity index (χ4v) is 1.58. The summed E-state index contributed by atoms with van der Waals surface area (Å²) in [4.78, 5) is 15.3. The lowest BCUT2D eigenvalue weighted by atomic mass is 10.2. The zero-order valence-electron chi connectivity index (χ0n) is 8.95. The van der Waals surface area contributed by atoms with E-state index in [0.717, 1.165) is 12.3 Å². The minimum atomic E-state index is -0.729. The van der Waals surface area contributed by atoms with Gasteiger partial charge < -0.3 is 5.32 Å². The van der Waals surface area contributed by atoms with Crippen molar-refractivity contribution in [2.45, 2.75) is 0 Å². The number of hydrogen-bond acceptors (Lipinski definition) is 2. The summed E-state index contributed by atoms with van der Waals surface area (Å²) in [5.41, 5.74) is 0.102. The van der Waals surface area contributed by atoms with E-state index in [0.29, 0.717) is 0 Å². The zero-order chi connectivity index (χ0) is 13.1. The average molecular weight is 313 g/mol. The van der Waals surface area contributed by atoms with Crippen LogP contribution in [0.15, 0.2) is 41.1 Å². The number of anilines is 1. The van der Waals surface area contributed by atoms with E-state index in [1.54, 1.807) is 0 Å². The normalized spacial score (nSPS) is 10.2. The lowest BCUT2D eigenvalue weighted by molar-refractivity contribution is 0.102. The van der Waals surface area contributed by atoms with E-state index >= 15 is 0 Å². The molecule has 0 saturated heterocycles. The van der Waals surface area contributed by atoms with Gasteiger partial charge in [-0.3, -0.25) is 9.78 Å². The van der Waals surface area contributed by atoms with E-state index in [9.17, 15) is 13.6 Å². The molecule has 2 aromatic rings. The van der Waals surface area contributed by atoms with Crippen LogP contribution in [0.3, 0.4) is 0 Å². The second kappa shape index (κ2) is 5.22. The smallest absolute Gasteiger partial charge is 0.258 e. The standard InChI is InChI=1S/C12H7BrF2N2O/c13-9-2-1-7(5-10(9)14)17-12(18)8-3-4-16-6-11(8)15/h1-6H,(H,17,18). The molecule has 0 saturated carbocycles. The molecule has 1 amide bonds. The number of nitrogens with one attached hydrogen (secondary N) is 1. The van der Waals surface area contributed by atoms with Crippen molar-refractivity contribution < 1.29 is 13.6 Å². The Balaban J connectivity index is 2.22. The van der Waals surface area contributed by atoms with E-state index in [1.807, 2.05) is 0 Å². The predicted octanol–water partition coefficient (Wildman–Crippen LogP) is 3.37. The molecule has 6 heteroatoms. The molecule has 1 aromatic carbocycles. The maximum Gasteiger partial charge on any atom is 0.258 e. The molecule has 2 rings (SSSR count). The SMILES string of the molecule is O=C(Nc1ccc(Br)c(F)c1)c1ccncc1F. The summed E-state index contributed by atoms with van der Waals surface area (Å²) >= 11 is 3.00. The molecule has 1 aromatic heterocycles. The number of pyridine rings is 1. The molecule has 0 unspecified atom stereocenters. The van der Waals surface area contributed by atoms with E-state index in [2.05, 4.69) is 26.2 Å². The fourth-order valence-electron chi connectivity index (χ4n) is 1.33. The van der Waals surface area contributed by atoms with Crippen LogP contribution in [0.4, 0.5) is 14.5 Å². The van der Waals surface area contributed by atoms with Crippen LogP contribution in [0, 0.1) is 11.6 Å². The van der Waals surface area contributed by atoms with Gasteiger partial charge in [-0.25, -0.2) is 8.78 Å². The fraction of sp³-hybridized carbons (Fsp3) is 0. The van der Waals surface area contributed by atoms with Crippen LogP contribution in [0.2, 0.25) is 0 Å². The second-order valence-electron chi connectivity index (χ2n) is 3.44. The first-order valence-electron chi connectivity index (χ1n) is 4.94. The van der Waals surface area contributed by atoms with Crippen molar-refractivity contribution in [2.75, 3.05) is 5.32 Å². The Morgan fingerprint density at radius 1 is 1.22 bits per heavy atom. The number of hydrogen-bond donors (Lipinski definition) is 1. The van der Waals surface area contributed by atoms with Crippen LogP contribution in [-0.2, 0) is 0 Å². The third-order valence-electron chi connectivity index (χ3n) is 2.19. The number of halogens is 3. The highest BCUT2D eigenvalue weighted by molar-refractivity contribution is 9.10. The first kappa shape index (κ1) is 12.6. The Morgan fingerprint density at radius 2 is 2.00 bits per heavy atom. The molecule has 3 nitrogen and oxygen atoms in total. The monoisotopic (exact) mass is 312 g/mol. The Kier molecular flexibility index (Phi) is 3.66. The minimum absolute atomic E-state index is 0.145. The summed E-state index contributed by atoms with van der Waals surface area (Å²) in [6.07, 6.45) is 2.25. The molecule has 0 atom stereocenters. The Bertz CT molecular complexity index is 604. The number of nitrogens with zero attached hydrogens (tertiary/aromatic N) is 1. The largest absolute Gasteiger partial charge is 0.322 e. The van der Waals surface area contributed by atoms with Crippen LogP contribution in [0.25, 0.3) is 0 Å². The highest BCUT2D eigenvalue weighted by Gasteiger charge is 2.12. The summed E-state index contributed by atoms with van der Waals surface area (Å²) < 4.78 is 26.8. The highest BCUT2D eigenvalue weighted by atomic mass is 79.9. The molecule has 0 bridgehead atoms. The van der Waals surface area contributed by atoms with Gasteiger partial charge in [0.05, 0.1) is 16.2 Å². The van der Waals surface area contributed by atoms with Crippen molar-refractivity contribution in [1.29, 1.82) is 0 Å². The first-order valence-corrected chi connectivity index (χ1v) is 5.73. The number of rotatable bonds is 2. The number of carbonyl (C=O) groups is 1. The Hall–Kier alpha value is -1.82.